The van der Waals surface area contributed by atoms with Crippen LogP contribution in [-0.4, -0.2) is 45.9 Å². The van der Waals surface area contributed by atoms with E-state index in [1.54, 1.807) is 27.7 Å². The second-order valence-corrected chi connectivity index (χ2v) is 4.98. The van der Waals surface area contributed by atoms with Crippen LogP contribution in [0.15, 0.2) is 17.9 Å². The molecule has 96 valence electrons. The minimum absolute atomic E-state index is 0.245. The smallest absolute Gasteiger partial charge is 0.124 e. The van der Waals surface area contributed by atoms with Crippen molar-refractivity contribution in [2.75, 3.05) is 19.8 Å². The molecule has 1 saturated heterocycles. The number of aromatic nitrogens is 4. The van der Waals surface area contributed by atoms with Crippen LogP contribution in [0.2, 0.25) is 0 Å². The third kappa shape index (κ3) is 2.74. The number of hydrogen-bond acceptors (Lipinski definition) is 6. The lowest BCUT2D eigenvalue weighted by Crippen LogP contribution is -2.16. The maximum Gasteiger partial charge on any atom is 0.124 e. The molecule has 0 aromatic carbocycles. The predicted molar refractivity (Wildman–Crippen MR) is 66.3 cm³/mol. The second-order valence-electron chi connectivity index (χ2n) is 4.09. The molecular weight excluding hydrogens is 252 g/mol. The van der Waals surface area contributed by atoms with E-state index in [0.29, 0.717) is 19.8 Å². The van der Waals surface area contributed by atoms with Gasteiger partial charge >= 0.3 is 0 Å². The van der Waals surface area contributed by atoms with Crippen LogP contribution in [0.5, 0.6) is 0 Å². The van der Waals surface area contributed by atoms with Gasteiger partial charge in [-0.25, -0.2) is 4.68 Å². The average Bonchev–Trinajstić information content (AvgIpc) is 3.12. The molecule has 1 aliphatic heterocycles. The molecule has 0 bridgehead atoms. The van der Waals surface area contributed by atoms with Gasteiger partial charge in [-0.05, 0) is 6.42 Å². The molecule has 2 aromatic heterocycles. The maximum absolute atomic E-state index is 5.68. The van der Waals surface area contributed by atoms with Gasteiger partial charge in [-0.1, -0.05) is 5.21 Å². The summed E-state index contributed by atoms with van der Waals surface area (Å²) in [6.45, 7) is 2.87. The van der Waals surface area contributed by atoms with Gasteiger partial charge in [-0.3, -0.25) is 4.98 Å². The van der Waals surface area contributed by atoms with Gasteiger partial charge < -0.3 is 9.47 Å². The zero-order valence-electron chi connectivity index (χ0n) is 9.86. The molecule has 0 radical (unpaired) electrons. The van der Waals surface area contributed by atoms with Gasteiger partial charge in [0.25, 0.3) is 0 Å². The third-order valence-electron chi connectivity index (χ3n) is 2.79. The van der Waals surface area contributed by atoms with Gasteiger partial charge in [-0.2, -0.15) is 0 Å². The van der Waals surface area contributed by atoms with Gasteiger partial charge in [0.15, 0.2) is 0 Å². The molecule has 1 atom stereocenters. The first-order valence-electron chi connectivity index (χ1n) is 5.90. The highest BCUT2D eigenvalue weighted by atomic mass is 32.1. The number of rotatable bonds is 5. The fraction of sp³-hybridized carbons (Fsp3) is 0.545. The summed E-state index contributed by atoms with van der Waals surface area (Å²) in [5.74, 6) is 0. The highest BCUT2D eigenvalue weighted by molar-refractivity contribution is 7.13. The van der Waals surface area contributed by atoms with Gasteiger partial charge in [0.2, 0.25) is 0 Å². The molecule has 1 aliphatic rings. The molecule has 0 N–H and O–H groups in total. The van der Waals surface area contributed by atoms with Crippen molar-refractivity contribution in [2.45, 2.75) is 19.1 Å². The summed E-state index contributed by atoms with van der Waals surface area (Å²) < 4.78 is 12.7. The van der Waals surface area contributed by atoms with E-state index in [9.17, 15) is 0 Å². The van der Waals surface area contributed by atoms with Crippen LogP contribution >= 0.6 is 11.3 Å². The van der Waals surface area contributed by atoms with Crippen molar-refractivity contribution in [2.24, 2.45) is 0 Å². The minimum Gasteiger partial charge on any atom is -0.379 e. The van der Waals surface area contributed by atoms with Crippen molar-refractivity contribution in [3.63, 3.8) is 0 Å². The predicted octanol–water partition coefficient (Wildman–Crippen LogP) is 1.21. The van der Waals surface area contributed by atoms with Gasteiger partial charge in [0, 0.05) is 12.8 Å². The Morgan fingerprint density at radius 1 is 1.56 bits per heavy atom. The monoisotopic (exact) mass is 266 g/mol. The topological polar surface area (TPSA) is 62.1 Å². The second kappa shape index (κ2) is 5.55. The Kier molecular flexibility index (Phi) is 3.63. The van der Waals surface area contributed by atoms with Gasteiger partial charge in [0.05, 0.1) is 42.4 Å². The SMILES string of the molecule is c1ncc(-c2cn(CCOC3CCOC3)nn2)s1. The number of nitrogens with zero attached hydrogens (tertiary/aromatic N) is 4. The van der Waals surface area contributed by atoms with Crippen molar-refractivity contribution >= 4 is 11.3 Å². The molecule has 6 nitrogen and oxygen atoms in total. The molecule has 2 aromatic rings. The Morgan fingerprint density at radius 2 is 2.56 bits per heavy atom. The van der Waals surface area contributed by atoms with Crippen LogP contribution in [-0.2, 0) is 16.0 Å². The fourth-order valence-corrected chi connectivity index (χ4v) is 2.39. The molecule has 0 aliphatic carbocycles. The normalized spacial score (nSPS) is 19.4. The average molecular weight is 266 g/mol. The summed E-state index contributed by atoms with van der Waals surface area (Å²) in [6, 6.07) is 0. The van der Waals surface area contributed by atoms with Crippen molar-refractivity contribution < 1.29 is 9.47 Å². The lowest BCUT2D eigenvalue weighted by molar-refractivity contribution is 0.0369. The van der Waals surface area contributed by atoms with Crippen LogP contribution in [0, 0.1) is 0 Å². The Balaban J connectivity index is 1.51. The molecule has 3 heterocycles. The molecule has 0 saturated carbocycles. The van der Waals surface area contributed by atoms with E-state index in [4.69, 9.17) is 9.47 Å². The van der Waals surface area contributed by atoms with E-state index in [0.717, 1.165) is 23.6 Å². The van der Waals surface area contributed by atoms with E-state index in [-0.39, 0.29) is 6.10 Å². The Hall–Kier alpha value is -1.31. The summed E-state index contributed by atoms with van der Waals surface area (Å²) in [4.78, 5) is 5.06. The van der Waals surface area contributed by atoms with E-state index in [1.165, 1.54) is 0 Å². The van der Waals surface area contributed by atoms with Crippen molar-refractivity contribution in [3.05, 3.63) is 17.9 Å². The van der Waals surface area contributed by atoms with Crippen LogP contribution in [0.25, 0.3) is 10.6 Å². The summed E-state index contributed by atoms with van der Waals surface area (Å²) in [6.07, 6.45) is 4.95. The molecular formula is C11H14N4O2S. The Morgan fingerprint density at radius 3 is 3.33 bits per heavy atom. The summed E-state index contributed by atoms with van der Waals surface area (Å²) in [5.41, 5.74) is 2.65. The lowest BCUT2D eigenvalue weighted by Gasteiger charge is -2.08. The summed E-state index contributed by atoms with van der Waals surface area (Å²) in [7, 11) is 0. The van der Waals surface area contributed by atoms with Crippen molar-refractivity contribution in [1.29, 1.82) is 0 Å². The molecule has 1 fully saturated rings. The lowest BCUT2D eigenvalue weighted by atomic mass is 10.3. The Bertz CT molecular complexity index is 479. The van der Waals surface area contributed by atoms with Crippen LogP contribution in [0.1, 0.15) is 6.42 Å². The number of hydrogen-bond donors (Lipinski definition) is 0. The first-order chi connectivity index (χ1) is 8.92. The highest BCUT2D eigenvalue weighted by Gasteiger charge is 2.15. The molecule has 0 spiro atoms. The van der Waals surface area contributed by atoms with Crippen LogP contribution in [0.4, 0.5) is 0 Å². The summed E-state index contributed by atoms with van der Waals surface area (Å²) >= 11 is 1.56. The maximum atomic E-state index is 5.68. The molecule has 7 heteroatoms. The van der Waals surface area contributed by atoms with E-state index < -0.39 is 0 Å². The first kappa shape index (κ1) is 11.8. The van der Waals surface area contributed by atoms with E-state index in [2.05, 4.69) is 15.3 Å². The fourth-order valence-electron chi connectivity index (χ4n) is 1.82. The zero-order valence-corrected chi connectivity index (χ0v) is 10.7. The standard InChI is InChI=1S/C11H14N4O2S/c1-3-16-7-9(1)17-4-2-15-6-10(13-14-15)11-5-12-8-18-11/h5-6,8-9H,1-4,7H2. The first-order valence-corrected chi connectivity index (χ1v) is 6.78. The summed E-state index contributed by atoms with van der Waals surface area (Å²) in [5, 5.41) is 8.18. The largest absolute Gasteiger partial charge is 0.379 e. The van der Waals surface area contributed by atoms with Crippen LogP contribution in [0.3, 0.4) is 0 Å². The number of thiazole rings is 1. The van der Waals surface area contributed by atoms with Crippen molar-refractivity contribution in [1.82, 2.24) is 20.0 Å². The minimum atomic E-state index is 0.245. The number of ether oxygens (including phenoxy) is 2. The zero-order chi connectivity index (χ0) is 12.2. The third-order valence-corrected chi connectivity index (χ3v) is 3.58. The van der Waals surface area contributed by atoms with Crippen molar-refractivity contribution in [3.8, 4) is 10.6 Å². The Labute approximate surface area is 109 Å². The van der Waals surface area contributed by atoms with E-state index >= 15 is 0 Å². The molecule has 0 amide bonds. The van der Waals surface area contributed by atoms with Crippen LogP contribution < -0.4 is 0 Å². The highest BCUT2D eigenvalue weighted by Crippen LogP contribution is 2.19. The van der Waals surface area contributed by atoms with Gasteiger partial charge in [0.1, 0.15) is 5.69 Å². The molecule has 1 unspecified atom stereocenters. The molecule has 18 heavy (non-hydrogen) atoms. The quantitative estimate of drug-likeness (QED) is 0.814. The molecule has 3 rings (SSSR count). The van der Waals surface area contributed by atoms with Gasteiger partial charge in [-0.15, -0.1) is 16.4 Å². The van der Waals surface area contributed by atoms with E-state index in [1.807, 2.05) is 6.20 Å².